The van der Waals surface area contributed by atoms with Gasteiger partial charge in [-0.1, -0.05) is 13.3 Å². The summed E-state index contributed by atoms with van der Waals surface area (Å²) in [6.07, 6.45) is 6.48. The summed E-state index contributed by atoms with van der Waals surface area (Å²) >= 11 is 0. The van der Waals surface area contributed by atoms with Crippen LogP contribution in [-0.2, 0) is 14.3 Å². The molecule has 0 saturated heterocycles. The maximum absolute atomic E-state index is 11.3. The first-order valence-electron chi connectivity index (χ1n) is 6.43. The van der Waals surface area contributed by atoms with Crippen molar-refractivity contribution in [2.45, 2.75) is 45.4 Å². The third-order valence-electron chi connectivity index (χ3n) is 3.38. The highest BCUT2D eigenvalue weighted by atomic mass is 16.5. The fraction of sp³-hybridized carbons (Fsp3) is 0.923. The first kappa shape index (κ1) is 13.5. The molecule has 0 amide bonds. The van der Waals surface area contributed by atoms with Crippen LogP contribution >= 0.6 is 0 Å². The third-order valence-corrected chi connectivity index (χ3v) is 3.38. The lowest BCUT2D eigenvalue weighted by atomic mass is 9.82. The number of unbranched alkanes of at least 4 members (excludes halogenated alkanes) is 1. The van der Waals surface area contributed by atoms with Gasteiger partial charge in [-0.05, 0) is 38.0 Å². The Morgan fingerprint density at radius 2 is 1.94 bits per heavy atom. The van der Waals surface area contributed by atoms with Gasteiger partial charge in [0.05, 0.1) is 13.0 Å². The van der Waals surface area contributed by atoms with Crippen molar-refractivity contribution in [2.75, 3.05) is 20.3 Å². The molecule has 94 valence electrons. The summed E-state index contributed by atoms with van der Waals surface area (Å²) in [5, 5.41) is 0. The van der Waals surface area contributed by atoms with Crippen molar-refractivity contribution in [1.82, 2.24) is 0 Å². The summed E-state index contributed by atoms with van der Waals surface area (Å²) in [5.41, 5.74) is 0. The van der Waals surface area contributed by atoms with E-state index in [1.54, 1.807) is 0 Å². The smallest absolute Gasteiger partial charge is 0.308 e. The maximum atomic E-state index is 11.3. The zero-order valence-electron chi connectivity index (χ0n) is 10.5. The average molecular weight is 228 g/mol. The molecule has 1 aliphatic rings. The molecule has 0 N–H and O–H groups in total. The summed E-state index contributed by atoms with van der Waals surface area (Å²) in [4.78, 5) is 11.3. The fourth-order valence-electron chi connectivity index (χ4n) is 2.23. The SMILES string of the molecule is CCCCOCC1CCC(C(=O)OC)CC1. The van der Waals surface area contributed by atoms with E-state index in [1.165, 1.54) is 13.5 Å². The molecule has 1 aliphatic carbocycles. The molecule has 0 radical (unpaired) electrons. The highest BCUT2D eigenvalue weighted by molar-refractivity contribution is 5.72. The largest absolute Gasteiger partial charge is 0.469 e. The van der Waals surface area contributed by atoms with E-state index in [2.05, 4.69) is 6.92 Å². The lowest BCUT2D eigenvalue weighted by molar-refractivity contribution is -0.147. The number of carbonyl (C=O) groups is 1. The minimum Gasteiger partial charge on any atom is -0.469 e. The molecule has 0 spiro atoms. The van der Waals surface area contributed by atoms with Gasteiger partial charge in [0.1, 0.15) is 0 Å². The predicted molar refractivity (Wildman–Crippen MR) is 63.2 cm³/mol. The molecule has 0 atom stereocenters. The van der Waals surface area contributed by atoms with Crippen LogP contribution in [0.25, 0.3) is 0 Å². The van der Waals surface area contributed by atoms with E-state index in [1.807, 2.05) is 0 Å². The molecular weight excluding hydrogens is 204 g/mol. The number of hydrogen-bond donors (Lipinski definition) is 0. The molecule has 3 heteroatoms. The van der Waals surface area contributed by atoms with Crippen LogP contribution in [0.15, 0.2) is 0 Å². The molecule has 1 saturated carbocycles. The number of esters is 1. The number of rotatable bonds is 6. The quantitative estimate of drug-likeness (QED) is 0.518. The molecule has 0 aromatic heterocycles. The predicted octanol–water partition coefficient (Wildman–Crippen LogP) is 2.78. The van der Waals surface area contributed by atoms with Crippen molar-refractivity contribution in [3.8, 4) is 0 Å². The van der Waals surface area contributed by atoms with Crippen molar-refractivity contribution in [3.05, 3.63) is 0 Å². The fourth-order valence-corrected chi connectivity index (χ4v) is 2.23. The van der Waals surface area contributed by atoms with Gasteiger partial charge in [0, 0.05) is 13.2 Å². The van der Waals surface area contributed by atoms with Crippen LogP contribution in [0.1, 0.15) is 45.4 Å². The molecule has 3 nitrogen and oxygen atoms in total. The van der Waals surface area contributed by atoms with E-state index in [9.17, 15) is 4.79 Å². The van der Waals surface area contributed by atoms with Crippen LogP contribution in [0.3, 0.4) is 0 Å². The van der Waals surface area contributed by atoms with Crippen molar-refractivity contribution in [1.29, 1.82) is 0 Å². The molecule has 1 rings (SSSR count). The van der Waals surface area contributed by atoms with Gasteiger partial charge < -0.3 is 9.47 Å². The minimum atomic E-state index is -0.0367. The van der Waals surface area contributed by atoms with Gasteiger partial charge in [-0.15, -0.1) is 0 Å². The highest BCUT2D eigenvalue weighted by Crippen LogP contribution is 2.29. The number of methoxy groups -OCH3 is 1. The number of ether oxygens (including phenoxy) is 2. The Hall–Kier alpha value is -0.570. The first-order chi connectivity index (χ1) is 7.77. The Balaban J connectivity index is 2.10. The average Bonchev–Trinajstić information content (AvgIpc) is 2.34. The number of hydrogen-bond acceptors (Lipinski definition) is 3. The normalized spacial score (nSPS) is 25.4. The van der Waals surface area contributed by atoms with E-state index in [0.717, 1.165) is 45.3 Å². The van der Waals surface area contributed by atoms with Gasteiger partial charge >= 0.3 is 5.97 Å². The van der Waals surface area contributed by atoms with E-state index < -0.39 is 0 Å². The Morgan fingerprint density at radius 1 is 1.25 bits per heavy atom. The molecule has 0 unspecified atom stereocenters. The first-order valence-corrected chi connectivity index (χ1v) is 6.43. The lowest BCUT2D eigenvalue weighted by Gasteiger charge is -2.26. The Kier molecular flexibility index (Phi) is 6.46. The van der Waals surface area contributed by atoms with E-state index in [0.29, 0.717) is 5.92 Å². The monoisotopic (exact) mass is 228 g/mol. The molecule has 16 heavy (non-hydrogen) atoms. The standard InChI is InChI=1S/C13H24O3/c1-3-4-9-16-10-11-5-7-12(8-6-11)13(14)15-2/h11-12H,3-10H2,1-2H3. The lowest BCUT2D eigenvalue weighted by Crippen LogP contribution is -2.25. The van der Waals surface area contributed by atoms with Crippen LogP contribution in [-0.4, -0.2) is 26.3 Å². The molecule has 0 aromatic rings. The highest BCUT2D eigenvalue weighted by Gasteiger charge is 2.26. The summed E-state index contributed by atoms with van der Waals surface area (Å²) in [6.45, 7) is 3.92. The van der Waals surface area contributed by atoms with E-state index in [-0.39, 0.29) is 11.9 Å². The van der Waals surface area contributed by atoms with Gasteiger partial charge in [-0.2, -0.15) is 0 Å². The third kappa shape index (κ3) is 4.52. The van der Waals surface area contributed by atoms with Crippen molar-refractivity contribution in [3.63, 3.8) is 0 Å². The Bertz CT molecular complexity index is 195. The van der Waals surface area contributed by atoms with Crippen LogP contribution in [0.4, 0.5) is 0 Å². The minimum absolute atomic E-state index is 0.0367. The zero-order valence-corrected chi connectivity index (χ0v) is 10.5. The summed E-state index contributed by atoms with van der Waals surface area (Å²) in [5.74, 6) is 0.750. The molecule has 1 fully saturated rings. The van der Waals surface area contributed by atoms with Crippen molar-refractivity contribution < 1.29 is 14.3 Å². The second kappa shape index (κ2) is 7.66. The van der Waals surface area contributed by atoms with E-state index >= 15 is 0 Å². The second-order valence-electron chi connectivity index (χ2n) is 4.67. The van der Waals surface area contributed by atoms with Crippen molar-refractivity contribution in [2.24, 2.45) is 11.8 Å². The molecular formula is C13H24O3. The van der Waals surface area contributed by atoms with Gasteiger partial charge in [-0.3, -0.25) is 4.79 Å². The van der Waals surface area contributed by atoms with Gasteiger partial charge in [0.25, 0.3) is 0 Å². The molecule has 0 heterocycles. The van der Waals surface area contributed by atoms with Crippen molar-refractivity contribution >= 4 is 5.97 Å². The maximum Gasteiger partial charge on any atom is 0.308 e. The van der Waals surface area contributed by atoms with Gasteiger partial charge in [-0.25, -0.2) is 0 Å². The topological polar surface area (TPSA) is 35.5 Å². The van der Waals surface area contributed by atoms with E-state index in [4.69, 9.17) is 9.47 Å². The Morgan fingerprint density at radius 3 is 2.50 bits per heavy atom. The molecule has 0 aromatic carbocycles. The van der Waals surface area contributed by atoms with Crippen LogP contribution in [0, 0.1) is 11.8 Å². The van der Waals surface area contributed by atoms with Crippen LogP contribution in [0.5, 0.6) is 0 Å². The van der Waals surface area contributed by atoms with Crippen LogP contribution in [0.2, 0.25) is 0 Å². The molecule has 0 bridgehead atoms. The van der Waals surface area contributed by atoms with Gasteiger partial charge in [0.15, 0.2) is 0 Å². The Labute approximate surface area is 98.5 Å². The zero-order chi connectivity index (χ0) is 11.8. The summed E-state index contributed by atoms with van der Waals surface area (Å²) in [7, 11) is 1.47. The summed E-state index contributed by atoms with van der Waals surface area (Å²) < 4.78 is 10.4. The summed E-state index contributed by atoms with van der Waals surface area (Å²) in [6, 6.07) is 0. The molecule has 0 aliphatic heterocycles. The van der Waals surface area contributed by atoms with Gasteiger partial charge in [0.2, 0.25) is 0 Å². The second-order valence-corrected chi connectivity index (χ2v) is 4.67. The number of carbonyl (C=O) groups excluding carboxylic acids is 1. The van der Waals surface area contributed by atoms with Crippen LogP contribution < -0.4 is 0 Å².